The number of hydrogen-bond donors (Lipinski definition) is 2. The van der Waals surface area contributed by atoms with E-state index < -0.39 is 27.4 Å². The highest BCUT2D eigenvalue weighted by Crippen LogP contribution is 2.21. The van der Waals surface area contributed by atoms with Gasteiger partial charge in [0.15, 0.2) is 0 Å². The molecule has 0 atom stereocenters. The molecule has 21 heavy (non-hydrogen) atoms. The minimum Gasteiger partial charge on any atom is -0.478 e. The first-order chi connectivity index (χ1) is 9.81. The van der Waals surface area contributed by atoms with E-state index in [9.17, 15) is 17.6 Å². The molecule has 0 heterocycles. The Hall–Kier alpha value is -2.41. The first kappa shape index (κ1) is 15.0. The number of sulfonamides is 1. The first-order valence-electron chi connectivity index (χ1n) is 5.92. The molecule has 0 unspecified atom stereocenters. The first-order valence-corrected chi connectivity index (χ1v) is 7.41. The number of halogens is 1. The van der Waals surface area contributed by atoms with Crippen LogP contribution < -0.4 is 4.72 Å². The van der Waals surface area contributed by atoms with Crippen LogP contribution in [0.4, 0.5) is 10.1 Å². The summed E-state index contributed by atoms with van der Waals surface area (Å²) in [6.07, 6.45) is 0. The van der Waals surface area contributed by atoms with E-state index in [2.05, 4.69) is 4.72 Å². The topological polar surface area (TPSA) is 83.5 Å². The molecule has 0 aliphatic rings. The Morgan fingerprint density at radius 1 is 1.19 bits per heavy atom. The molecule has 0 bridgehead atoms. The van der Waals surface area contributed by atoms with Crippen molar-refractivity contribution >= 4 is 21.7 Å². The molecular formula is C14H12FNO4S. The van der Waals surface area contributed by atoms with Gasteiger partial charge in [0.1, 0.15) is 5.82 Å². The number of benzene rings is 2. The Morgan fingerprint density at radius 2 is 1.86 bits per heavy atom. The van der Waals surface area contributed by atoms with Crippen molar-refractivity contribution in [1.29, 1.82) is 0 Å². The number of carboxylic acid groups (broad SMARTS) is 1. The second-order valence-corrected chi connectivity index (χ2v) is 6.02. The molecule has 0 aliphatic carbocycles. The summed E-state index contributed by atoms with van der Waals surface area (Å²) in [6.45, 7) is 1.64. The number of aryl methyl sites for hydroxylation is 1. The molecule has 0 saturated carbocycles. The van der Waals surface area contributed by atoms with Gasteiger partial charge >= 0.3 is 5.97 Å². The summed E-state index contributed by atoms with van der Waals surface area (Å²) in [7, 11) is -3.86. The van der Waals surface area contributed by atoms with Crippen molar-refractivity contribution in [3.63, 3.8) is 0 Å². The Kier molecular flexibility index (Phi) is 3.95. The van der Waals surface area contributed by atoms with E-state index in [4.69, 9.17) is 5.11 Å². The molecular weight excluding hydrogens is 297 g/mol. The summed E-state index contributed by atoms with van der Waals surface area (Å²) in [5.41, 5.74) is -0.0118. The number of carbonyl (C=O) groups is 1. The summed E-state index contributed by atoms with van der Waals surface area (Å²) in [4.78, 5) is 10.8. The van der Waals surface area contributed by atoms with Crippen LogP contribution in [0.5, 0.6) is 0 Å². The molecule has 2 rings (SSSR count). The second-order valence-electron chi connectivity index (χ2n) is 4.37. The van der Waals surface area contributed by atoms with Gasteiger partial charge in [-0.2, -0.15) is 0 Å². The van der Waals surface area contributed by atoms with Crippen LogP contribution in [-0.2, 0) is 10.0 Å². The third kappa shape index (κ3) is 3.19. The third-order valence-corrected chi connectivity index (χ3v) is 4.38. The van der Waals surface area contributed by atoms with Crippen molar-refractivity contribution in [1.82, 2.24) is 0 Å². The van der Waals surface area contributed by atoms with Crippen LogP contribution in [0.15, 0.2) is 47.4 Å². The van der Waals surface area contributed by atoms with Gasteiger partial charge in [-0.1, -0.05) is 18.2 Å². The number of carboxylic acids is 1. The zero-order valence-electron chi connectivity index (χ0n) is 11.0. The molecule has 0 spiro atoms. The normalized spacial score (nSPS) is 11.1. The molecule has 110 valence electrons. The SMILES string of the molecule is Cc1ccccc1S(=O)(=O)Nc1ccc(C(=O)O)c(F)c1. The maximum atomic E-state index is 13.5. The minimum absolute atomic E-state index is 0.0410. The molecule has 5 nitrogen and oxygen atoms in total. The number of anilines is 1. The quantitative estimate of drug-likeness (QED) is 0.909. The highest BCUT2D eigenvalue weighted by molar-refractivity contribution is 7.92. The summed E-state index contributed by atoms with van der Waals surface area (Å²) < 4.78 is 40.2. The van der Waals surface area contributed by atoms with Crippen LogP contribution in [0.1, 0.15) is 15.9 Å². The van der Waals surface area contributed by atoms with E-state index in [1.807, 2.05) is 0 Å². The maximum Gasteiger partial charge on any atom is 0.338 e. The Balaban J connectivity index is 2.36. The predicted octanol–water partition coefficient (Wildman–Crippen LogP) is 2.63. The van der Waals surface area contributed by atoms with Gasteiger partial charge < -0.3 is 5.11 Å². The Bertz CT molecular complexity index is 802. The lowest BCUT2D eigenvalue weighted by Crippen LogP contribution is -2.14. The molecule has 2 aromatic carbocycles. The van der Waals surface area contributed by atoms with Gasteiger partial charge in [0, 0.05) is 0 Å². The Labute approximate surface area is 121 Å². The zero-order valence-corrected chi connectivity index (χ0v) is 11.8. The monoisotopic (exact) mass is 309 g/mol. The molecule has 0 aliphatic heterocycles. The average Bonchev–Trinajstić information content (AvgIpc) is 2.38. The minimum atomic E-state index is -3.86. The number of rotatable bonds is 4. The van der Waals surface area contributed by atoms with E-state index in [0.29, 0.717) is 5.56 Å². The lowest BCUT2D eigenvalue weighted by Gasteiger charge is -2.10. The van der Waals surface area contributed by atoms with Crippen molar-refractivity contribution in [2.75, 3.05) is 4.72 Å². The number of aromatic carboxylic acids is 1. The van der Waals surface area contributed by atoms with Crippen LogP contribution in [0.2, 0.25) is 0 Å². The van der Waals surface area contributed by atoms with Gasteiger partial charge in [0.25, 0.3) is 10.0 Å². The molecule has 2 N–H and O–H groups in total. The fourth-order valence-corrected chi connectivity index (χ4v) is 3.12. The van der Waals surface area contributed by atoms with Crippen molar-refractivity contribution in [3.05, 3.63) is 59.4 Å². The summed E-state index contributed by atoms with van der Waals surface area (Å²) in [5.74, 6) is -2.42. The molecule has 7 heteroatoms. The summed E-state index contributed by atoms with van der Waals surface area (Å²) >= 11 is 0. The standard InChI is InChI=1S/C14H12FNO4S/c1-9-4-2-3-5-13(9)21(19,20)16-10-6-7-11(14(17)18)12(15)8-10/h2-8,16H,1H3,(H,17,18). The van der Waals surface area contributed by atoms with E-state index in [-0.39, 0.29) is 10.6 Å². The fourth-order valence-electron chi connectivity index (χ4n) is 1.82. The highest BCUT2D eigenvalue weighted by atomic mass is 32.2. The largest absolute Gasteiger partial charge is 0.478 e. The summed E-state index contributed by atoms with van der Waals surface area (Å²) in [6, 6.07) is 9.39. The third-order valence-electron chi connectivity index (χ3n) is 2.83. The molecule has 0 radical (unpaired) electrons. The van der Waals surface area contributed by atoms with Crippen molar-refractivity contribution in [2.24, 2.45) is 0 Å². The van der Waals surface area contributed by atoms with E-state index in [0.717, 1.165) is 12.1 Å². The number of nitrogens with one attached hydrogen (secondary N) is 1. The smallest absolute Gasteiger partial charge is 0.338 e. The molecule has 2 aromatic rings. The molecule has 0 amide bonds. The maximum absolute atomic E-state index is 13.5. The fraction of sp³-hybridized carbons (Fsp3) is 0.0714. The zero-order chi connectivity index (χ0) is 15.6. The van der Waals surface area contributed by atoms with E-state index in [1.165, 1.54) is 12.1 Å². The average molecular weight is 309 g/mol. The van der Waals surface area contributed by atoms with Crippen LogP contribution in [0.3, 0.4) is 0 Å². The molecule has 0 fully saturated rings. The Morgan fingerprint density at radius 3 is 2.43 bits per heavy atom. The molecule has 0 aromatic heterocycles. The van der Waals surface area contributed by atoms with Gasteiger partial charge in [0.2, 0.25) is 0 Å². The van der Waals surface area contributed by atoms with Crippen molar-refractivity contribution in [2.45, 2.75) is 11.8 Å². The van der Waals surface area contributed by atoms with Crippen molar-refractivity contribution < 1.29 is 22.7 Å². The van der Waals surface area contributed by atoms with E-state index >= 15 is 0 Å². The van der Waals surface area contributed by atoms with Crippen molar-refractivity contribution in [3.8, 4) is 0 Å². The van der Waals surface area contributed by atoms with Gasteiger partial charge in [-0.3, -0.25) is 4.72 Å². The van der Waals surface area contributed by atoms with Gasteiger partial charge in [-0.15, -0.1) is 0 Å². The second kappa shape index (κ2) is 5.53. The van der Waals surface area contributed by atoms with Crippen LogP contribution in [0, 0.1) is 12.7 Å². The van der Waals surface area contributed by atoms with E-state index in [1.54, 1.807) is 25.1 Å². The van der Waals surface area contributed by atoms with Crippen LogP contribution in [-0.4, -0.2) is 19.5 Å². The van der Waals surface area contributed by atoms with Crippen LogP contribution >= 0.6 is 0 Å². The highest BCUT2D eigenvalue weighted by Gasteiger charge is 2.18. The van der Waals surface area contributed by atoms with Gasteiger partial charge in [-0.05, 0) is 36.8 Å². The van der Waals surface area contributed by atoms with Gasteiger partial charge in [0.05, 0.1) is 16.1 Å². The lowest BCUT2D eigenvalue weighted by atomic mass is 10.2. The summed E-state index contributed by atoms with van der Waals surface area (Å²) in [5, 5.41) is 8.72. The van der Waals surface area contributed by atoms with Crippen LogP contribution in [0.25, 0.3) is 0 Å². The van der Waals surface area contributed by atoms with Gasteiger partial charge in [-0.25, -0.2) is 17.6 Å². The predicted molar refractivity (Wildman–Crippen MR) is 75.3 cm³/mol. The molecule has 0 saturated heterocycles. The number of hydrogen-bond acceptors (Lipinski definition) is 3. The lowest BCUT2D eigenvalue weighted by molar-refractivity contribution is 0.0692.